The van der Waals surface area contributed by atoms with E-state index < -0.39 is 0 Å². The predicted octanol–water partition coefficient (Wildman–Crippen LogP) is 2.33. The summed E-state index contributed by atoms with van der Waals surface area (Å²) in [6, 6.07) is 7.78. The molecule has 3 heteroatoms. The molecule has 96 valence electrons. The van der Waals surface area contributed by atoms with Crippen molar-refractivity contribution in [3.63, 3.8) is 0 Å². The highest BCUT2D eigenvalue weighted by molar-refractivity contribution is 5.77. The molecule has 0 fully saturated rings. The minimum Gasteiger partial charge on any atom is -0.484 e. The fraction of sp³-hybridized carbons (Fsp3) is 0.400. The van der Waals surface area contributed by atoms with Crippen LogP contribution >= 0.6 is 0 Å². The minimum absolute atomic E-state index is 0.0194. The van der Waals surface area contributed by atoms with E-state index in [9.17, 15) is 4.79 Å². The van der Waals surface area contributed by atoms with E-state index in [1.54, 1.807) is 0 Å². The second-order valence-corrected chi connectivity index (χ2v) is 4.32. The molecule has 0 atom stereocenters. The topological polar surface area (TPSA) is 38.3 Å². The third-order valence-corrected chi connectivity index (χ3v) is 2.51. The summed E-state index contributed by atoms with van der Waals surface area (Å²) in [7, 11) is 0. The molecule has 1 amide bonds. The van der Waals surface area contributed by atoms with Crippen molar-refractivity contribution in [2.24, 2.45) is 0 Å². The number of amides is 1. The monoisotopic (exact) mass is 245 g/mol. The van der Waals surface area contributed by atoms with Gasteiger partial charge in [0.2, 0.25) is 0 Å². The van der Waals surface area contributed by atoms with Gasteiger partial charge in [-0.2, -0.15) is 0 Å². The summed E-state index contributed by atoms with van der Waals surface area (Å²) >= 11 is 0. The van der Waals surface area contributed by atoms with Gasteiger partial charge in [0.15, 0.2) is 6.61 Å². The molecular weight excluding hydrogens is 226 g/mol. The molecule has 0 aromatic heterocycles. The minimum atomic E-state index is -0.154. The van der Waals surface area contributed by atoms with Crippen molar-refractivity contribution >= 4 is 5.91 Å². The van der Waals surface area contributed by atoms with E-state index in [1.165, 1.54) is 5.56 Å². The van der Waals surface area contributed by atoms with Gasteiger partial charge >= 0.3 is 0 Å². The van der Waals surface area contributed by atoms with E-state index in [0.717, 1.165) is 0 Å². The average molecular weight is 245 g/mol. The van der Waals surface area contributed by atoms with Gasteiger partial charge in [0.1, 0.15) is 5.75 Å². The lowest BCUT2D eigenvalue weighted by Gasteiger charge is -2.08. The Kier molecular flexibility index (Phi) is 5.79. The molecule has 0 unspecified atom stereocenters. The van der Waals surface area contributed by atoms with E-state index in [-0.39, 0.29) is 12.5 Å². The van der Waals surface area contributed by atoms with Gasteiger partial charge in [-0.05, 0) is 23.6 Å². The first-order chi connectivity index (χ1) is 8.63. The third-order valence-electron chi connectivity index (χ3n) is 2.51. The van der Waals surface area contributed by atoms with E-state index in [0.29, 0.717) is 24.6 Å². The lowest BCUT2D eigenvalue weighted by molar-refractivity contribution is -0.123. The third kappa shape index (κ3) is 4.92. The van der Waals surface area contributed by atoms with Crippen LogP contribution in [0.25, 0.3) is 0 Å². The van der Waals surface area contributed by atoms with Gasteiger partial charge in [0.25, 0.3) is 5.91 Å². The van der Waals surface area contributed by atoms with Crippen LogP contribution < -0.4 is 10.1 Å². The summed E-state index contributed by atoms with van der Waals surface area (Å²) in [5.41, 5.74) is 1.25. The van der Waals surface area contributed by atoms with Gasteiger partial charge in [-0.15, -0.1) is 12.3 Å². The second-order valence-electron chi connectivity index (χ2n) is 4.32. The maximum atomic E-state index is 11.4. The lowest BCUT2D eigenvalue weighted by atomic mass is 10.0. The number of carbonyl (C=O) groups is 1. The average Bonchev–Trinajstić information content (AvgIpc) is 2.37. The standard InChI is InChI=1S/C15H19NO2/c1-4-5-10-16-15(17)11-18-14-8-6-13(7-9-14)12(2)3/h1,6-9,12H,5,10-11H2,2-3H3,(H,16,17). The van der Waals surface area contributed by atoms with Crippen LogP contribution in [0.5, 0.6) is 5.75 Å². The van der Waals surface area contributed by atoms with Crippen molar-refractivity contribution in [1.29, 1.82) is 0 Å². The number of carbonyl (C=O) groups excluding carboxylic acids is 1. The summed E-state index contributed by atoms with van der Waals surface area (Å²) in [6.45, 7) is 4.78. The van der Waals surface area contributed by atoms with E-state index in [1.807, 2.05) is 24.3 Å². The van der Waals surface area contributed by atoms with Gasteiger partial charge < -0.3 is 10.1 Å². The molecule has 1 rings (SSSR count). The second kappa shape index (κ2) is 7.39. The zero-order valence-electron chi connectivity index (χ0n) is 10.9. The zero-order valence-corrected chi connectivity index (χ0v) is 10.9. The number of benzene rings is 1. The first-order valence-electron chi connectivity index (χ1n) is 6.06. The van der Waals surface area contributed by atoms with Crippen molar-refractivity contribution in [3.05, 3.63) is 29.8 Å². The van der Waals surface area contributed by atoms with Crippen LogP contribution in [0.15, 0.2) is 24.3 Å². The van der Waals surface area contributed by atoms with Crippen molar-refractivity contribution < 1.29 is 9.53 Å². The first-order valence-corrected chi connectivity index (χ1v) is 6.06. The van der Waals surface area contributed by atoms with Crippen molar-refractivity contribution in [1.82, 2.24) is 5.32 Å². The summed E-state index contributed by atoms with van der Waals surface area (Å²) in [5, 5.41) is 2.68. The Labute approximate surface area is 109 Å². The smallest absolute Gasteiger partial charge is 0.257 e. The van der Waals surface area contributed by atoms with Gasteiger partial charge in [0.05, 0.1) is 0 Å². The first kappa shape index (κ1) is 14.1. The summed E-state index contributed by atoms with van der Waals surface area (Å²) in [5.74, 6) is 3.50. The number of rotatable bonds is 6. The van der Waals surface area contributed by atoms with Gasteiger partial charge in [-0.3, -0.25) is 4.79 Å². The van der Waals surface area contributed by atoms with Crippen LogP contribution in [-0.2, 0) is 4.79 Å². The molecule has 0 saturated heterocycles. The maximum absolute atomic E-state index is 11.4. The molecule has 0 aliphatic rings. The summed E-state index contributed by atoms with van der Waals surface area (Å²) in [4.78, 5) is 11.4. The van der Waals surface area contributed by atoms with Gasteiger partial charge in [-0.1, -0.05) is 26.0 Å². The fourth-order valence-corrected chi connectivity index (χ4v) is 1.42. The Morgan fingerprint density at radius 1 is 1.39 bits per heavy atom. The van der Waals surface area contributed by atoms with E-state index in [4.69, 9.17) is 11.2 Å². The van der Waals surface area contributed by atoms with Crippen LogP contribution in [0.2, 0.25) is 0 Å². The van der Waals surface area contributed by atoms with Crippen LogP contribution in [0.4, 0.5) is 0 Å². The Bertz CT molecular complexity index is 415. The van der Waals surface area contributed by atoms with Crippen LogP contribution in [-0.4, -0.2) is 19.1 Å². The summed E-state index contributed by atoms with van der Waals surface area (Å²) in [6.07, 6.45) is 5.62. The number of terminal acetylenes is 1. The van der Waals surface area contributed by atoms with Gasteiger partial charge in [-0.25, -0.2) is 0 Å². The number of nitrogens with one attached hydrogen (secondary N) is 1. The van der Waals surface area contributed by atoms with Crippen LogP contribution in [0, 0.1) is 12.3 Å². The number of hydrogen-bond donors (Lipinski definition) is 1. The highest BCUT2D eigenvalue weighted by Gasteiger charge is 2.03. The molecule has 1 N–H and O–H groups in total. The normalized spacial score (nSPS) is 9.89. The molecule has 0 aliphatic heterocycles. The van der Waals surface area contributed by atoms with Crippen molar-refractivity contribution in [2.75, 3.05) is 13.2 Å². The maximum Gasteiger partial charge on any atom is 0.257 e. The Morgan fingerprint density at radius 2 is 2.06 bits per heavy atom. The molecule has 1 aromatic rings. The van der Waals surface area contributed by atoms with E-state index in [2.05, 4.69) is 25.1 Å². The predicted molar refractivity (Wildman–Crippen MR) is 72.5 cm³/mol. The highest BCUT2D eigenvalue weighted by Crippen LogP contribution is 2.18. The quantitative estimate of drug-likeness (QED) is 0.617. The molecule has 0 radical (unpaired) electrons. The Hall–Kier alpha value is -1.95. The highest BCUT2D eigenvalue weighted by atomic mass is 16.5. The lowest BCUT2D eigenvalue weighted by Crippen LogP contribution is -2.29. The Morgan fingerprint density at radius 3 is 2.61 bits per heavy atom. The van der Waals surface area contributed by atoms with Crippen molar-refractivity contribution in [2.45, 2.75) is 26.2 Å². The number of hydrogen-bond acceptors (Lipinski definition) is 2. The molecule has 0 aliphatic carbocycles. The fourth-order valence-electron chi connectivity index (χ4n) is 1.42. The molecule has 18 heavy (non-hydrogen) atoms. The molecular formula is C15H19NO2. The SMILES string of the molecule is C#CCCNC(=O)COc1ccc(C(C)C)cc1. The van der Waals surface area contributed by atoms with Gasteiger partial charge in [0, 0.05) is 13.0 Å². The number of ether oxygens (including phenoxy) is 1. The largest absolute Gasteiger partial charge is 0.484 e. The molecule has 0 bridgehead atoms. The van der Waals surface area contributed by atoms with Crippen LogP contribution in [0.3, 0.4) is 0 Å². The zero-order chi connectivity index (χ0) is 13.4. The molecule has 0 saturated carbocycles. The van der Waals surface area contributed by atoms with Crippen molar-refractivity contribution in [3.8, 4) is 18.1 Å². The van der Waals surface area contributed by atoms with Crippen LogP contribution in [0.1, 0.15) is 31.7 Å². The molecule has 1 aromatic carbocycles. The summed E-state index contributed by atoms with van der Waals surface area (Å²) < 4.78 is 5.37. The molecule has 0 heterocycles. The molecule has 0 spiro atoms. The Balaban J connectivity index is 2.35. The molecule has 3 nitrogen and oxygen atoms in total. The van der Waals surface area contributed by atoms with E-state index >= 15 is 0 Å².